The summed E-state index contributed by atoms with van der Waals surface area (Å²) in [5, 5.41) is 2.70. The van der Waals surface area contributed by atoms with Gasteiger partial charge in [-0.05, 0) is 38.0 Å². The second kappa shape index (κ2) is 7.09. The summed E-state index contributed by atoms with van der Waals surface area (Å²) in [6.45, 7) is 5.90. The van der Waals surface area contributed by atoms with Gasteiger partial charge >= 0.3 is 0 Å². The monoisotopic (exact) mass is 268 g/mol. The fraction of sp³-hybridized carbons (Fsp3) is 0.500. The Bertz CT molecular complexity index is 435. The minimum atomic E-state index is -0.734. The van der Waals surface area contributed by atoms with Gasteiger partial charge in [0.15, 0.2) is 17.7 Å². The van der Waals surface area contributed by atoms with Crippen molar-refractivity contribution in [1.82, 2.24) is 5.32 Å². The molecular formula is C14H21FN2O2. The Morgan fingerprint density at radius 2 is 2.16 bits per heavy atom. The van der Waals surface area contributed by atoms with E-state index < -0.39 is 11.9 Å². The Morgan fingerprint density at radius 3 is 2.68 bits per heavy atom. The molecule has 106 valence electrons. The molecule has 0 radical (unpaired) electrons. The third-order valence-electron chi connectivity index (χ3n) is 2.70. The van der Waals surface area contributed by atoms with Crippen LogP contribution in [0.5, 0.6) is 5.75 Å². The SMILES string of the molecule is CCCNC(=O)C(C)Oc1ccc([C@H](C)N)cc1F. The highest BCUT2D eigenvalue weighted by Gasteiger charge is 2.16. The van der Waals surface area contributed by atoms with Gasteiger partial charge in [0.05, 0.1) is 0 Å². The van der Waals surface area contributed by atoms with Crippen molar-refractivity contribution in [3.63, 3.8) is 0 Å². The lowest BCUT2D eigenvalue weighted by Gasteiger charge is -2.16. The third kappa shape index (κ3) is 4.52. The van der Waals surface area contributed by atoms with E-state index in [0.717, 1.165) is 6.42 Å². The number of amides is 1. The molecule has 1 aromatic rings. The smallest absolute Gasteiger partial charge is 0.260 e. The molecule has 0 aliphatic rings. The lowest BCUT2D eigenvalue weighted by molar-refractivity contribution is -0.127. The van der Waals surface area contributed by atoms with Crippen molar-refractivity contribution in [2.45, 2.75) is 39.3 Å². The first-order valence-electron chi connectivity index (χ1n) is 6.45. The maximum Gasteiger partial charge on any atom is 0.260 e. The highest BCUT2D eigenvalue weighted by molar-refractivity contribution is 5.80. The van der Waals surface area contributed by atoms with Gasteiger partial charge in [0.1, 0.15) is 0 Å². The maximum absolute atomic E-state index is 13.8. The van der Waals surface area contributed by atoms with E-state index in [9.17, 15) is 9.18 Å². The fourth-order valence-corrected chi connectivity index (χ4v) is 1.53. The normalized spacial score (nSPS) is 13.7. The summed E-state index contributed by atoms with van der Waals surface area (Å²) < 4.78 is 19.1. The molecule has 1 aromatic carbocycles. The molecule has 1 rings (SSSR count). The zero-order chi connectivity index (χ0) is 14.4. The standard InChI is InChI=1S/C14H21FN2O2/c1-4-7-17-14(18)10(3)19-13-6-5-11(9(2)16)8-12(13)15/h5-6,8-10H,4,7,16H2,1-3H3,(H,17,18)/t9-,10?/m0/s1. The molecular weight excluding hydrogens is 247 g/mol. The first kappa shape index (κ1) is 15.4. The molecule has 2 atom stereocenters. The molecule has 1 amide bonds. The summed E-state index contributed by atoms with van der Waals surface area (Å²) in [6.07, 6.45) is 0.109. The van der Waals surface area contributed by atoms with Gasteiger partial charge in [-0.25, -0.2) is 4.39 Å². The molecule has 0 aliphatic carbocycles. The number of rotatable bonds is 6. The second-order valence-corrected chi connectivity index (χ2v) is 4.53. The number of carbonyl (C=O) groups is 1. The van der Waals surface area contributed by atoms with Gasteiger partial charge in [0.25, 0.3) is 5.91 Å². The Morgan fingerprint density at radius 1 is 1.47 bits per heavy atom. The number of carbonyl (C=O) groups excluding carboxylic acids is 1. The van der Waals surface area contributed by atoms with E-state index in [1.165, 1.54) is 12.1 Å². The molecule has 0 saturated heterocycles. The average molecular weight is 268 g/mol. The zero-order valence-electron chi connectivity index (χ0n) is 11.6. The molecule has 0 spiro atoms. The lowest BCUT2D eigenvalue weighted by atomic mass is 10.1. The molecule has 3 N–H and O–H groups in total. The lowest BCUT2D eigenvalue weighted by Crippen LogP contribution is -2.36. The quantitative estimate of drug-likeness (QED) is 0.830. The van der Waals surface area contributed by atoms with Crippen LogP contribution in [-0.2, 0) is 4.79 Å². The molecule has 1 unspecified atom stereocenters. The summed E-state index contributed by atoms with van der Waals surface area (Å²) in [6, 6.07) is 4.28. The Kier molecular flexibility index (Phi) is 5.76. The van der Waals surface area contributed by atoms with E-state index in [0.29, 0.717) is 12.1 Å². The first-order chi connectivity index (χ1) is 8.95. The minimum Gasteiger partial charge on any atom is -0.478 e. The molecule has 4 nitrogen and oxygen atoms in total. The minimum absolute atomic E-state index is 0.0588. The van der Waals surface area contributed by atoms with Gasteiger partial charge in [-0.3, -0.25) is 4.79 Å². The summed E-state index contributed by atoms with van der Waals surface area (Å²) in [5.74, 6) is -0.703. The summed E-state index contributed by atoms with van der Waals surface area (Å²) in [5.41, 5.74) is 6.35. The van der Waals surface area contributed by atoms with Gasteiger partial charge in [-0.1, -0.05) is 13.0 Å². The molecule has 0 aliphatic heterocycles. The number of halogens is 1. The number of nitrogens with one attached hydrogen (secondary N) is 1. The van der Waals surface area contributed by atoms with Crippen LogP contribution in [0.1, 0.15) is 38.8 Å². The molecule has 5 heteroatoms. The Labute approximate surface area is 113 Å². The van der Waals surface area contributed by atoms with Crippen molar-refractivity contribution in [3.8, 4) is 5.75 Å². The fourth-order valence-electron chi connectivity index (χ4n) is 1.53. The van der Waals surface area contributed by atoms with Gasteiger partial charge in [-0.2, -0.15) is 0 Å². The maximum atomic E-state index is 13.8. The van der Waals surface area contributed by atoms with Crippen LogP contribution in [0.25, 0.3) is 0 Å². The van der Waals surface area contributed by atoms with Crippen LogP contribution in [0, 0.1) is 5.82 Å². The van der Waals surface area contributed by atoms with Gasteiger partial charge in [0.2, 0.25) is 0 Å². The van der Waals surface area contributed by atoms with Crippen molar-refractivity contribution in [3.05, 3.63) is 29.6 Å². The number of ether oxygens (including phenoxy) is 1. The van der Waals surface area contributed by atoms with Crippen LogP contribution in [0.15, 0.2) is 18.2 Å². The van der Waals surface area contributed by atoms with E-state index in [1.807, 2.05) is 6.92 Å². The summed E-state index contributed by atoms with van der Waals surface area (Å²) >= 11 is 0. The summed E-state index contributed by atoms with van der Waals surface area (Å²) in [7, 11) is 0. The summed E-state index contributed by atoms with van der Waals surface area (Å²) in [4.78, 5) is 11.6. The van der Waals surface area contributed by atoms with Crippen LogP contribution in [0.3, 0.4) is 0 Å². The highest BCUT2D eigenvalue weighted by atomic mass is 19.1. The van der Waals surface area contributed by atoms with E-state index in [-0.39, 0.29) is 17.7 Å². The molecule has 0 fully saturated rings. The predicted molar refractivity (Wildman–Crippen MR) is 72.4 cm³/mol. The third-order valence-corrected chi connectivity index (χ3v) is 2.70. The number of hydrogen-bond donors (Lipinski definition) is 2. The van der Waals surface area contributed by atoms with E-state index in [2.05, 4.69) is 5.32 Å². The van der Waals surface area contributed by atoms with E-state index >= 15 is 0 Å². The van der Waals surface area contributed by atoms with Crippen LogP contribution in [0.4, 0.5) is 4.39 Å². The van der Waals surface area contributed by atoms with Crippen LogP contribution in [-0.4, -0.2) is 18.6 Å². The van der Waals surface area contributed by atoms with Crippen LogP contribution < -0.4 is 15.8 Å². The Balaban J connectivity index is 2.69. The first-order valence-corrected chi connectivity index (χ1v) is 6.45. The Hall–Kier alpha value is -1.62. The van der Waals surface area contributed by atoms with Crippen molar-refractivity contribution >= 4 is 5.91 Å². The number of hydrogen-bond acceptors (Lipinski definition) is 3. The predicted octanol–water partition coefficient (Wildman–Crippen LogP) is 2.14. The van der Waals surface area contributed by atoms with E-state index in [1.54, 1.807) is 19.9 Å². The van der Waals surface area contributed by atoms with Gasteiger partial charge in [0, 0.05) is 12.6 Å². The number of nitrogens with two attached hydrogens (primary N) is 1. The molecule has 19 heavy (non-hydrogen) atoms. The average Bonchev–Trinajstić information content (AvgIpc) is 2.37. The molecule has 0 aromatic heterocycles. The van der Waals surface area contributed by atoms with Gasteiger partial charge < -0.3 is 15.8 Å². The van der Waals surface area contributed by atoms with Crippen molar-refractivity contribution in [2.75, 3.05) is 6.54 Å². The van der Waals surface area contributed by atoms with Gasteiger partial charge in [-0.15, -0.1) is 0 Å². The molecule has 0 saturated carbocycles. The van der Waals surface area contributed by atoms with Crippen molar-refractivity contribution in [1.29, 1.82) is 0 Å². The zero-order valence-corrected chi connectivity index (χ0v) is 11.6. The number of benzene rings is 1. The highest BCUT2D eigenvalue weighted by Crippen LogP contribution is 2.22. The van der Waals surface area contributed by atoms with Crippen LogP contribution in [0.2, 0.25) is 0 Å². The van der Waals surface area contributed by atoms with Crippen molar-refractivity contribution < 1.29 is 13.9 Å². The van der Waals surface area contributed by atoms with Crippen LogP contribution >= 0.6 is 0 Å². The second-order valence-electron chi connectivity index (χ2n) is 4.53. The van der Waals surface area contributed by atoms with Crippen molar-refractivity contribution in [2.24, 2.45) is 5.73 Å². The van der Waals surface area contributed by atoms with E-state index in [4.69, 9.17) is 10.5 Å². The molecule has 0 heterocycles. The topological polar surface area (TPSA) is 64.3 Å². The molecule has 0 bridgehead atoms. The largest absolute Gasteiger partial charge is 0.478 e.